The average Bonchev–Trinajstić information content (AvgIpc) is 2.55. The van der Waals surface area contributed by atoms with E-state index in [9.17, 15) is 4.79 Å². The van der Waals surface area contributed by atoms with Crippen molar-refractivity contribution in [3.63, 3.8) is 0 Å². The Balaban J connectivity index is 2.31. The van der Waals surface area contributed by atoms with Crippen molar-refractivity contribution in [3.8, 4) is 0 Å². The number of nitrogens with zero attached hydrogens (tertiary/aromatic N) is 2. The molecule has 0 saturated carbocycles. The van der Waals surface area contributed by atoms with Crippen molar-refractivity contribution in [2.24, 2.45) is 7.05 Å². The molecule has 1 aromatic heterocycles. The first kappa shape index (κ1) is 9.24. The summed E-state index contributed by atoms with van der Waals surface area (Å²) in [7, 11) is 1.94. The second kappa shape index (κ2) is 2.83. The predicted octanol–water partition coefficient (Wildman–Crippen LogP) is 0.802. The molecule has 1 saturated heterocycles. The molecule has 1 fully saturated rings. The number of nitrogens with one attached hydrogen (secondary N) is 1. The van der Waals surface area contributed by atoms with Crippen LogP contribution in [0.3, 0.4) is 0 Å². The highest BCUT2D eigenvalue weighted by Gasteiger charge is 2.40. The van der Waals surface area contributed by atoms with E-state index in [4.69, 9.17) is 0 Å². The van der Waals surface area contributed by atoms with Gasteiger partial charge in [0.05, 0.1) is 12.0 Å². The molecule has 2 heterocycles. The van der Waals surface area contributed by atoms with Crippen molar-refractivity contribution in [1.29, 1.82) is 0 Å². The van der Waals surface area contributed by atoms with Crippen molar-refractivity contribution in [2.75, 3.05) is 0 Å². The Hall–Kier alpha value is -1.32. The summed E-state index contributed by atoms with van der Waals surface area (Å²) in [5.74, 6) is 0.307. The highest BCUT2D eigenvalue weighted by Crippen LogP contribution is 2.34. The number of amides is 1. The zero-order valence-electron chi connectivity index (χ0n) is 8.74. The van der Waals surface area contributed by atoms with E-state index in [1.54, 1.807) is 6.33 Å². The van der Waals surface area contributed by atoms with Gasteiger partial charge in [0.1, 0.15) is 0 Å². The predicted molar refractivity (Wildman–Crippen MR) is 52.8 cm³/mol. The van der Waals surface area contributed by atoms with Crippen LogP contribution in [0.2, 0.25) is 0 Å². The van der Waals surface area contributed by atoms with E-state index in [2.05, 4.69) is 10.3 Å². The molecular formula is C10H15N3O. The van der Waals surface area contributed by atoms with Gasteiger partial charge in [-0.3, -0.25) is 4.79 Å². The average molecular weight is 193 g/mol. The van der Waals surface area contributed by atoms with Crippen molar-refractivity contribution in [3.05, 3.63) is 18.2 Å². The number of carbonyl (C=O) groups is 1. The third-order valence-corrected chi connectivity index (χ3v) is 2.80. The lowest BCUT2D eigenvalue weighted by Crippen LogP contribution is -2.38. The molecule has 4 nitrogen and oxygen atoms in total. The highest BCUT2D eigenvalue weighted by atomic mass is 16.2. The quantitative estimate of drug-likeness (QED) is 0.717. The molecule has 4 heteroatoms. The molecule has 1 atom stereocenters. The molecule has 0 aliphatic carbocycles. The molecule has 2 rings (SSSR count). The molecule has 0 aromatic carbocycles. The maximum absolute atomic E-state index is 11.3. The minimum Gasteiger partial charge on any atom is -0.351 e. The fourth-order valence-electron chi connectivity index (χ4n) is 2.03. The van der Waals surface area contributed by atoms with Gasteiger partial charge in [0.15, 0.2) is 0 Å². The maximum Gasteiger partial charge on any atom is 0.221 e. The standard InChI is InChI=1S/C10H15N3O/c1-10(2)7(4-9(14)12-10)8-5-13(3)6-11-8/h5-7H,4H2,1-3H3,(H,12,14). The molecule has 1 unspecified atom stereocenters. The molecule has 0 spiro atoms. The first-order valence-corrected chi connectivity index (χ1v) is 4.78. The molecule has 0 radical (unpaired) electrons. The van der Waals surface area contributed by atoms with Gasteiger partial charge in [-0.05, 0) is 13.8 Å². The summed E-state index contributed by atoms with van der Waals surface area (Å²) in [5.41, 5.74) is 0.821. The topological polar surface area (TPSA) is 46.9 Å². The smallest absolute Gasteiger partial charge is 0.221 e. The fraction of sp³-hybridized carbons (Fsp3) is 0.600. The Kier molecular flexibility index (Phi) is 1.87. The minimum atomic E-state index is -0.175. The van der Waals surface area contributed by atoms with Gasteiger partial charge in [-0.1, -0.05) is 0 Å². The zero-order valence-corrected chi connectivity index (χ0v) is 8.74. The van der Waals surface area contributed by atoms with Gasteiger partial charge in [0.25, 0.3) is 0 Å². The van der Waals surface area contributed by atoms with Crippen LogP contribution in [0.15, 0.2) is 12.5 Å². The summed E-state index contributed by atoms with van der Waals surface area (Å²) >= 11 is 0. The number of imidazole rings is 1. The van der Waals surface area contributed by atoms with Gasteiger partial charge in [-0.25, -0.2) is 4.98 Å². The third kappa shape index (κ3) is 1.41. The lowest BCUT2D eigenvalue weighted by molar-refractivity contribution is -0.119. The van der Waals surface area contributed by atoms with Crippen LogP contribution in [0.25, 0.3) is 0 Å². The summed E-state index contributed by atoms with van der Waals surface area (Å²) in [6.45, 7) is 4.08. The van der Waals surface area contributed by atoms with E-state index in [0.717, 1.165) is 5.69 Å². The number of aryl methyl sites for hydroxylation is 1. The molecule has 1 aromatic rings. The van der Waals surface area contributed by atoms with Crippen LogP contribution >= 0.6 is 0 Å². The van der Waals surface area contributed by atoms with E-state index in [-0.39, 0.29) is 17.4 Å². The van der Waals surface area contributed by atoms with Crippen LogP contribution in [0.5, 0.6) is 0 Å². The molecular weight excluding hydrogens is 178 g/mol. The number of rotatable bonds is 1. The zero-order chi connectivity index (χ0) is 10.3. The number of hydrogen-bond donors (Lipinski definition) is 1. The van der Waals surface area contributed by atoms with E-state index < -0.39 is 0 Å². The van der Waals surface area contributed by atoms with E-state index in [0.29, 0.717) is 6.42 Å². The summed E-state index contributed by atoms with van der Waals surface area (Å²) < 4.78 is 1.91. The molecule has 1 N–H and O–H groups in total. The van der Waals surface area contributed by atoms with Crippen LogP contribution in [0, 0.1) is 0 Å². The van der Waals surface area contributed by atoms with E-state index in [1.165, 1.54) is 0 Å². The third-order valence-electron chi connectivity index (χ3n) is 2.80. The minimum absolute atomic E-state index is 0.116. The molecule has 14 heavy (non-hydrogen) atoms. The Bertz CT molecular complexity index is 367. The maximum atomic E-state index is 11.3. The lowest BCUT2D eigenvalue weighted by atomic mass is 9.87. The Morgan fingerprint density at radius 2 is 2.36 bits per heavy atom. The Labute approximate surface area is 83.3 Å². The largest absolute Gasteiger partial charge is 0.351 e. The number of carbonyl (C=O) groups excluding carboxylic acids is 1. The summed E-state index contributed by atoms with van der Waals surface area (Å²) in [6, 6.07) is 0. The first-order chi connectivity index (χ1) is 6.49. The van der Waals surface area contributed by atoms with Gasteiger partial charge in [-0.2, -0.15) is 0 Å². The summed E-state index contributed by atoms with van der Waals surface area (Å²) in [5, 5.41) is 2.96. The normalized spacial score (nSPS) is 25.1. The number of hydrogen-bond acceptors (Lipinski definition) is 2. The summed E-state index contributed by atoms with van der Waals surface area (Å²) in [6.07, 6.45) is 4.30. The lowest BCUT2D eigenvalue weighted by Gasteiger charge is -2.24. The van der Waals surface area contributed by atoms with Crippen molar-refractivity contribution < 1.29 is 4.79 Å². The van der Waals surface area contributed by atoms with Gasteiger partial charge in [-0.15, -0.1) is 0 Å². The summed E-state index contributed by atoms with van der Waals surface area (Å²) in [4.78, 5) is 15.6. The monoisotopic (exact) mass is 193 g/mol. The second-order valence-electron chi connectivity index (χ2n) is 4.49. The first-order valence-electron chi connectivity index (χ1n) is 4.78. The van der Waals surface area contributed by atoms with Gasteiger partial charge < -0.3 is 9.88 Å². The van der Waals surface area contributed by atoms with Crippen molar-refractivity contribution >= 4 is 5.91 Å². The van der Waals surface area contributed by atoms with Gasteiger partial charge >= 0.3 is 0 Å². The van der Waals surface area contributed by atoms with Crippen LogP contribution in [-0.2, 0) is 11.8 Å². The molecule has 1 aliphatic rings. The van der Waals surface area contributed by atoms with Crippen LogP contribution in [0.1, 0.15) is 31.9 Å². The van der Waals surface area contributed by atoms with Crippen LogP contribution in [0.4, 0.5) is 0 Å². The second-order valence-corrected chi connectivity index (χ2v) is 4.49. The van der Waals surface area contributed by atoms with Gasteiger partial charge in [0, 0.05) is 31.1 Å². The number of aromatic nitrogens is 2. The van der Waals surface area contributed by atoms with Crippen LogP contribution in [-0.4, -0.2) is 21.0 Å². The van der Waals surface area contributed by atoms with E-state index in [1.807, 2.05) is 31.7 Å². The van der Waals surface area contributed by atoms with Crippen LogP contribution < -0.4 is 5.32 Å². The molecule has 1 amide bonds. The SMILES string of the molecule is Cn1cnc(C2CC(=O)NC2(C)C)c1. The molecule has 1 aliphatic heterocycles. The molecule has 76 valence electrons. The fourth-order valence-corrected chi connectivity index (χ4v) is 2.03. The van der Waals surface area contributed by atoms with E-state index >= 15 is 0 Å². The Morgan fingerprint density at radius 1 is 1.64 bits per heavy atom. The van der Waals surface area contributed by atoms with Crippen molar-refractivity contribution in [1.82, 2.24) is 14.9 Å². The van der Waals surface area contributed by atoms with Crippen molar-refractivity contribution in [2.45, 2.75) is 31.7 Å². The Morgan fingerprint density at radius 3 is 2.79 bits per heavy atom. The van der Waals surface area contributed by atoms with Gasteiger partial charge in [0.2, 0.25) is 5.91 Å². The highest BCUT2D eigenvalue weighted by molar-refractivity contribution is 5.81. The molecule has 0 bridgehead atoms.